The first-order valence-corrected chi connectivity index (χ1v) is 6.92. The summed E-state index contributed by atoms with van der Waals surface area (Å²) >= 11 is 0. The maximum absolute atomic E-state index is 11.6. The number of aromatic amines is 1. The van der Waals surface area contributed by atoms with E-state index in [-0.39, 0.29) is 5.69 Å². The average molecular weight is 288 g/mol. The normalized spacial score (nSPS) is 10.9. The lowest BCUT2D eigenvalue weighted by atomic mass is 10.1. The second-order valence-corrected chi connectivity index (χ2v) is 4.91. The Morgan fingerprint density at radius 1 is 0.909 bits per heavy atom. The van der Waals surface area contributed by atoms with Crippen molar-refractivity contribution in [2.24, 2.45) is 0 Å². The monoisotopic (exact) mass is 288 g/mol. The van der Waals surface area contributed by atoms with Crippen molar-refractivity contribution in [2.45, 2.75) is 0 Å². The van der Waals surface area contributed by atoms with Gasteiger partial charge in [0.2, 0.25) is 0 Å². The molecule has 0 bridgehead atoms. The number of hydrogen-bond acceptors (Lipinski definition) is 3. The molecular formula is C17H12N4O. The molecule has 0 aliphatic rings. The van der Waals surface area contributed by atoms with Crippen LogP contribution in [0.15, 0.2) is 71.7 Å². The van der Waals surface area contributed by atoms with E-state index in [4.69, 9.17) is 0 Å². The molecule has 4 rings (SSSR count). The minimum absolute atomic E-state index is 0.385. The van der Waals surface area contributed by atoms with Gasteiger partial charge < -0.3 is 0 Å². The number of benzene rings is 2. The Balaban J connectivity index is 2.06. The standard InChI is InChI=1S/C17H12N4O/c22-17-18-11-14-15(12-7-3-1-4-8-12)20-21(16(14)19-17)13-9-5-2-6-10-13/h1-11H,(H,18,19,22). The van der Waals surface area contributed by atoms with Crippen molar-refractivity contribution >= 4 is 11.0 Å². The molecule has 0 spiro atoms. The number of nitrogens with zero attached hydrogens (tertiary/aromatic N) is 3. The molecule has 1 N–H and O–H groups in total. The smallest absolute Gasteiger partial charge is 0.290 e. The zero-order valence-corrected chi connectivity index (χ0v) is 11.6. The number of H-pyrrole nitrogens is 1. The van der Waals surface area contributed by atoms with Gasteiger partial charge in [0.1, 0.15) is 11.3 Å². The maximum Gasteiger partial charge on any atom is 0.346 e. The van der Waals surface area contributed by atoms with Gasteiger partial charge in [0.05, 0.1) is 11.1 Å². The molecule has 106 valence electrons. The van der Waals surface area contributed by atoms with Gasteiger partial charge in [0.15, 0.2) is 0 Å². The van der Waals surface area contributed by atoms with Gasteiger partial charge in [-0.1, -0.05) is 48.5 Å². The Kier molecular flexibility index (Phi) is 2.83. The minimum atomic E-state index is -0.385. The fraction of sp³-hybridized carbons (Fsp3) is 0. The summed E-state index contributed by atoms with van der Waals surface area (Å²) in [5, 5.41) is 5.49. The topological polar surface area (TPSA) is 63.6 Å². The third kappa shape index (κ3) is 2.00. The third-order valence-corrected chi connectivity index (χ3v) is 3.51. The highest BCUT2D eigenvalue weighted by molar-refractivity contribution is 5.91. The van der Waals surface area contributed by atoms with Crippen LogP contribution < -0.4 is 5.69 Å². The van der Waals surface area contributed by atoms with Crippen molar-refractivity contribution in [2.75, 3.05) is 0 Å². The molecule has 0 radical (unpaired) electrons. The number of para-hydroxylation sites is 1. The number of fused-ring (bicyclic) bond motifs is 1. The van der Waals surface area contributed by atoms with Crippen molar-refractivity contribution in [3.05, 3.63) is 77.3 Å². The van der Waals surface area contributed by atoms with E-state index in [2.05, 4.69) is 15.1 Å². The van der Waals surface area contributed by atoms with Crippen LogP contribution in [0.3, 0.4) is 0 Å². The largest absolute Gasteiger partial charge is 0.346 e. The van der Waals surface area contributed by atoms with Crippen LogP contribution in [0, 0.1) is 0 Å². The fourth-order valence-electron chi connectivity index (χ4n) is 2.49. The van der Waals surface area contributed by atoms with E-state index in [1.54, 1.807) is 10.9 Å². The quantitative estimate of drug-likeness (QED) is 0.617. The van der Waals surface area contributed by atoms with Crippen LogP contribution >= 0.6 is 0 Å². The lowest BCUT2D eigenvalue weighted by molar-refractivity contribution is 0.894. The predicted molar refractivity (Wildman–Crippen MR) is 84.9 cm³/mol. The zero-order chi connectivity index (χ0) is 14.9. The second-order valence-electron chi connectivity index (χ2n) is 4.91. The summed E-state index contributed by atoms with van der Waals surface area (Å²) in [4.78, 5) is 18.2. The maximum atomic E-state index is 11.6. The van der Waals surface area contributed by atoms with Gasteiger partial charge in [-0.25, -0.2) is 14.5 Å². The molecule has 22 heavy (non-hydrogen) atoms. The number of nitrogens with one attached hydrogen (secondary N) is 1. The summed E-state index contributed by atoms with van der Waals surface area (Å²) in [6.07, 6.45) is 1.57. The SMILES string of the molecule is O=c1ncc2c(-c3ccccc3)nn(-c3ccccc3)c2[nH]1. The van der Waals surface area contributed by atoms with E-state index in [0.717, 1.165) is 22.3 Å². The molecule has 0 atom stereocenters. The van der Waals surface area contributed by atoms with E-state index in [1.807, 2.05) is 60.7 Å². The van der Waals surface area contributed by atoms with Crippen molar-refractivity contribution in [3.8, 4) is 16.9 Å². The van der Waals surface area contributed by atoms with Crippen molar-refractivity contribution in [3.63, 3.8) is 0 Å². The van der Waals surface area contributed by atoms with Crippen molar-refractivity contribution in [1.29, 1.82) is 0 Å². The van der Waals surface area contributed by atoms with Crippen LogP contribution in [0.4, 0.5) is 0 Å². The van der Waals surface area contributed by atoms with E-state index >= 15 is 0 Å². The third-order valence-electron chi connectivity index (χ3n) is 3.51. The molecule has 2 heterocycles. The molecule has 4 aromatic rings. The summed E-state index contributed by atoms with van der Waals surface area (Å²) in [6, 6.07) is 19.6. The molecule has 0 saturated carbocycles. The van der Waals surface area contributed by atoms with Gasteiger partial charge in [0, 0.05) is 11.8 Å². The highest BCUT2D eigenvalue weighted by Gasteiger charge is 2.14. The Morgan fingerprint density at radius 2 is 1.59 bits per heavy atom. The van der Waals surface area contributed by atoms with Crippen LogP contribution in [0.1, 0.15) is 0 Å². The van der Waals surface area contributed by atoms with Crippen LogP contribution in [-0.4, -0.2) is 19.7 Å². The van der Waals surface area contributed by atoms with E-state index in [9.17, 15) is 4.79 Å². The molecule has 2 aromatic heterocycles. The van der Waals surface area contributed by atoms with E-state index in [0.29, 0.717) is 5.65 Å². The lowest BCUT2D eigenvalue weighted by Gasteiger charge is -2.01. The van der Waals surface area contributed by atoms with Gasteiger partial charge in [-0.3, -0.25) is 4.98 Å². The highest BCUT2D eigenvalue weighted by atomic mass is 16.1. The summed E-state index contributed by atoms with van der Waals surface area (Å²) in [5.74, 6) is 0. The second kappa shape index (κ2) is 4.96. The van der Waals surface area contributed by atoms with E-state index in [1.165, 1.54) is 0 Å². The molecular weight excluding hydrogens is 276 g/mol. The number of hydrogen-bond donors (Lipinski definition) is 1. The molecule has 0 saturated heterocycles. The Morgan fingerprint density at radius 3 is 2.32 bits per heavy atom. The summed E-state index contributed by atoms with van der Waals surface area (Å²) < 4.78 is 1.74. The molecule has 0 amide bonds. The van der Waals surface area contributed by atoms with Gasteiger partial charge in [-0.05, 0) is 12.1 Å². The molecule has 0 aliphatic heterocycles. The zero-order valence-electron chi connectivity index (χ0n) is 11.6. The molecule has 0 unspecified atom stereocenters. The van der Waals surface area contributed by atoms with Crippen molar-refractivity contribution < 1.29 is 0 Å². The lowest BCUT2D eigenvalue weighted by Crippen LogP contribution is -2.10. The molecule has 5 heteroatoms. The molecule has 0 aliphatic carbocycles. The molecule has 5 nitrogen and oxygen atoms in total. The van der Waals surface area contributed by atoms with Gasteiger partial charge in [-0.2, -0.15) is 5.10 Å². The Hall–Kier alpha value is -3.21. The Labute approximate surface area is 125 Å². The van der Waals surface area contributed by atoms with Crippen LogP contribution in [0.5, 0.6) is 0 Å². The number of rotatable bonds is 2. The minimum Gasteiger partial charge on any atom is -0.290 e. The Bertz CT molecular complexity index is 988. The number of aromatic nitrogens is 4. The summed E-state index contributed by atoms with van der Waals surface area (Å²) in [5.41, 5.74) is 2.92. The van der Waals surface area contributed by atoms with Gasteiger partial charge >= 0.3 is 5.69 Å². The molecule has 0 fully saturated rings. The summed E-state index contributed by atoms with van der Waals surface area (Å²) in [6.45, 7) is 0. The fourth-order valence-corrected chi connectivity index (χ4v) is 2.49. The molecule has 2 aromatic carbocycles. The van der Waals surface area contributed by atoms with Gasteiger partial charge in [-0.15, -0.1) is 0 Å². The van der Waals surface area contributed by atoms with Crippen LogP contribution in [0.2, 0.25) is 0 Å². The van der Waals surface area contributed by atoms with Gasteiger partial charge in [0.25, 0.3) is 0 Å². The first-order chi connectivity index (χ1) is 10.8. The van der Waals surface area contributed by atoms with Crippen LogP contribution in [0.25, 0.3) is 28.0 Å². The van der Waals surface area contributed by atoms with Crippen molar-refractivity contribution in [1.82, 2.24) is 19.7 Å². The highest BCUT2D eigenvalue weighted by Crippen LogP contribution is 2.27. The average Bonchev–Trinajstić information content (AvgIpc) is 2.95. The first-order valence-electron chi connectivity index (χ1n) is 6.92. The summed E-state index contributed by atoms with van der Waals surface area (Å²) in [7, 11) is 0. The van der Waals surface area contributed by atoms with Crippen LogP contribution in [-0.2, 0) is 0 Å². The first kappa shape index (κ1) is 12.5. The predicted octanol–water partition coefficient (Wildman–Crippen LogP) is 2.78. The van der Waals surface area contributed by atoms with E-state index < -0.39 is 0 Å².